The van der Waals surface area contributed by atoms with E-state index in [9.17, 15) is 8.42 Å². The van der Waals surface area contributed by atoms with Gasteiger partial charge < -0.3 is 15.4 Å². The Morgan fingerprint density at radius 1 is 1.32 bits per heavy atom. The number of halogens is 1. The molecule has 2 atom stereocenters. The number of sulfone groups is 1. The number of hydrogen-bond acceptors (Lipinski definition) is 4. The largest absolute Gasteiger partial charge is 0.489 e. The van der Waals surface area contributed by atoms with Gasteiger partial charge in [-0.3, -0.25) is 4.99 Å². The van der Waals surface area contributed by atoms with Crippen LogP contribution < -0.4 is 15.4 Å². The van der Waals surface area contributed by atoms with Crippen LogP contribution in [0.3, 0.4) is 0 Å². The molecule has 1 aromatic rings. The number of benzene rings is 1. The van der Waals surface area contributed by atoms with Gasteiger partial charge in [0.15, 0.2) is 5.96 Å². The fourth-order valence-electron chi connectivity index (χ4n) is 2.09. The Hall–Kier alpha value is -1.03. The van der Waals surface area contributed by atoms with Gasteiger partial charge in [-0.25, -0.2) is 8.42 Å². The molecule has 0 saturated heterocycles. The Morgan fingerprint density at radius 2 is 2.00 bits per heavy atom. The third-order valence-corrected chi connectivity index (χ3v) is 4.39. The van der Waals surface area contributed by atoms with E-state index in [1.54, 1.807) is 7.05 Å². The summed E-state index contributed by atoms with van der Waals surface area (Å²) in [7, 11) is -1.26. The van der Waals surface area contributed by atoms with Gasteiger partial charge in [0.1, 0.15) is 21.7 Å². The highest BCUT2D eigenvalue weighted by Crippen LogP contribution is 2.13. The van der Waals surface area contributed by atoms with Gasteiger partial charge in [-0.15, -0.1) is 24.0 Å². The lowest BCUT2D eigenvalue weighted by atomic mass is 10.2. The molecule has 0 bridgehead atoms. The first kappa shape index (κ1) is 24.0. The molecule has 8 heteroatoms. The Bertz CT molecular complexity index is 650. The Balaban J connectivity index is 0.00000576. The van der Waals surface area contributed by atoms with E-state index in [1.165, 1.54) is 6.26 Å². The van der Waals surface area contributed by atoms with Crippen LogP contribution in [0.4, 0.5) is 0 Å². The molecule has 144 valence electrons. The fraction of sp³-hybridized carbons (Fsp3) is 0.588. The van der Waals surface area contributed by atoms with Crippen LogP contribution in [0.2, 0.25) is 0 Å². The van der Waals surface area contributed by atoms with Crippen molar-refractivity contribution in [2.45, 2.75) is 39.3 Å². The normalized spacial score (nSPS) is 14.2. The molecular weight excluding hydrogens is 453 g/mol. The predicted octanol–water partition coefficient (Wildman–Crippen LogP) is 2.37. The van der Waals surface area contributed by atoms with E-state index < -0.39 is 9.84 Å². The number of nitrogens with zero attached hydrogens (tertiary/aromatic N) is 1. The molecule has 2 N–H and O–H groups in total. The van der Waals surface area contributed by atoms with E-state index in [2.05, 4.69) is 15.6 Å². The maximum Gasteiger partial charge on any atom is 0.191 e. The molecule has 0 aliphatic heterocycles. The summed E-state index contributed by atoms with van der Waals surface area (Å²) in [5.74, 6) is 1.63. The lowest BCUT2D eigenvalue weighted by molar-refractivity contribution is 0.223. The van der Waals surface area contributed by atoms with Gasteiger partial charge in [0.05, 0.1) is 12.3 Å². The molecule has 0 aromatic heterocycles. The van der Waals surface area contributed by atoms with Crippen molar-refractivity contribution >= 4 is 39.8 Å². The molecule has 0 spiro atoms. The summed E-state index contributed by atoms with van der Waals surface area (Å²) in [4.78, 5) is 4.15. The van der Waals surface area contributed by atoms with Crippen molar-refractivity contribution in [1.82, 2.24) is 10.6 Å². The second kappa shape index (κ2) is 11.6. The van der Waals surface area contributed by atoms with Crippen molar-refractivity contribution in [2.24, 2.45) is 4.99 Å². The number of ether oxygens (including phenoxy) is 1. The molecule has 6 nitrogen and oxygen atoms in total. The predicted molar refractivity (Wildman–Crippen MR) is 115 cm³/mol. The zero-order valence-corrected chi connectivity index (χ0v) is 18.7. The van der Waals surface area contributed by atoms with E-state index in [-0.39, 0.29) is 41.9 Å². The van der Waals surface area contributed by atoms with Crippen LogP contribution in [0, 0.1) is 6.92 Å². The summed E-state index contributed by atoms with van der Waals surface area (Å²) in [6.07, 6.45) is 1.75. The second-order valence-corrected chi connectivity index (χ2v) is 8.42. The maximum absolute atomic E-state index is 11.2. The van der Waals surface area contributed by atoms with Crippen molar-refractivity contribution < 1.29 is 13.2 Å². The van der Waals surface area contributed by atoms with Gasteiger partial charge in [-0.05, 0) is 44.9 Å². The third kappa shape index (κ3) is 11.2. The minimum atomic E-state index is -2.95. The topological polar surface area (TPSA) is 79.8 Å². The number of aryl methyl sites for hydroxylation is 1. The molecular formula is C17H30IN3O3S. The van der Waals surface area contributed by atoms with Gasteiger partial charge >= 0.3 is 0 Å². The molecule has 0 heterocycles. The summed E-state index contributed by atoms with van der Waals surface area (Å²) in [6.45, 7) is 6.53. The number of guanidine groups is 1. The molecule has 1 rings (SSSR count). The molecule has 0 radical (unpaired) electrons. The van der Waals surface area contributed by atoms with Crippen molar-refractivity contribution in [2.75, 3.05) is 25.6 Å². The average molecular weight is 483 g/mol. The monoisotopic (exact) mass is 483 g/mol. The first-order valence-electron chi connectivity index (χ1n) is 8.08. The molecule has 2 unspecified atom stereocenters. The van der Waals surface area contributed by atoms with Gasteiger partial charge in [-0.2, -0.15) is 0 Å². The quantitative estimate of drug-likeness (QED) is 0.337. The molecule has 0 saturated carbocycles. The van der Waals surface area contributed by atoms with Crippen molar-refractivity contribution in [1.29, 1.82) is 0 Å². The minimum Gasteiger partial charge on any atom is -0.489 e. The highest BCUT2D eigenvalue weighted by molar-refractivity contribution is 14.0. The van der Waals surface area contributed by atoms with Crippen LogP contribution in [0.1, 0.15) is 25.8 Å². The van der Waals surface area contributed by atoms with Crippen LogP contribution >= 0.6 is 24.0 Å². The number of nitrogens with one attached hydrogen (secondary N) is 2. The maximum atomic E-state index is 11.2. The van der Waals surface area contributed by atoms with Crippen LogP contribution in [0.25, 0.3) is 0 Å². The van der Waals surface area contributed by atoms with Crippen LogP contribution in [-0.4, -0.2) is 52.1 Å². The summed E-state index contributed by atoms with van der Waals surface area (Å²) < 4.78 is 28.3. The van der Waals surface area contributed by atoms with Crippen molar-refractivity contribution in [3.05, 3.63) is 29.8 Å². The van der Waals surface area contributed by atoms with Crippen LogP contribution in [-0.2, 0) is 9.84 Å². The van der Waals surface area contributed by atoms with Crippen LogP contribution in [0.15, 0.2) is 29.3 Å². The van der Waals surface area contributed by atoms with E-state index in [0.717, 1.165) is 11.3 Å². The van der Waals surface area contributed by atoms with Crippen LogP contribution in [0.5, 0.6) is 5.75 Å². The SMILES string of the molecule is CN=C(NCC(C)Oc1cccc(C)c1)NC(C)CCS(C)(=O)=O.I. The van der Waals surface area contributed by atoms with Crippen molar-refractivity contribution in [3.63, 3.8) is 0 Å². The van der Waals surface area contributed by atoms with E-state index in [0.29, 0.717) is 18.9 Å². The summed E-state index contributed by atoms with van der Waals surface area (Å²) in [6, 6.07) is 7.94. The zero-order chi connectivity index (χ0) is 18.2. The van der Waals surface area contributed by atoms with Gasteiger partial charge in [-0.1, -0.05) is 12.1 Å². The Kier molecular flexibility index (Phi) is 11.1. The number of rotatable bonds is 8. The number of hydrogen-bond donors (Lipinski definition) is 2. The average Bonchev–Trinajstić information content (AvgIpc) is 2.48. The van der Waals surface area contributed by atoms with Crippen molar-refractivity contribution in [3.8, 4) is 5.75 Å². The molecule has 1 aromatic carbocycles. The molecule has 0 amide bonds. The Labute approximate surface area is 168 Å². The van der Waals surface area contributed by atoms with E-state index in [4.69, 9.17) is 4.74 Å². The smallest absolute Gasteiger partial charge is 0.191 e. The summed E-state index contributed by atoms with van der Waals surface area (Å²) >= 11 is 0. The summed E-state index contributed by atoms with van der Waals surface area (Å²) in [5, 5.41) is 6.38. The van der Waals surface area contributed by atoms with Gasteiger partial charge in [0.25, 0.3) is 0 Å². The fourth-order valence-corrected chi connectivity index (χ4v) is 2.88. The highest BCUT2D eigenvalue weighted by atomic mass is 127. The molecule has 25 heavy (non-hydrogen) atoms. The first-order valence-corrected chi connectivity index (χ1v) is 10.1. The zero-order valence-electron chi connectivity index (χ0n) is 15.6. The van der Waals surface area contributed by atoms with E-state index >= 15 is 0 Å². The molecule has 0 aliphatic carbocycles. The second-order valence-electron chi connectivity index (χ2n) is 6.16. The van der Waals surface area contributed by atoms with Gasteiger partial charge in [0.2, 0.25) is 0 Å². The highest BCUT2D eigenvalue weighted by Gasteiger charge is 2.11. The van der Waals surface area contributed by atoms with Gasteiger partial charge in [0, 0.05) is 19.3 Å². The van der Waals surface area contributed by atoms with E-state index in [1.807, 2.05) is 45.0 Å². The standard InChI is InChI=1S/C17H29N3O3S.HI/c1-13-7-6-8-16(11-13)23-15(3)12-19-17(18-4)20-14(2)9-10-24(5,21)22;/h6-8,11,14-15H,9-10,12H2,1-5H3,(H2,18,19,20);1H. The molecule has 0 fully saturated rings. The Morgan fingerprint density at radius 3 is 2.56 bits per heavy atom. The minimum absolute atomic E-state index is 0. The third-order valence-electron chi connectivity index (χ3n) is 3.41. The lowest BCUT2D eigenvalue weighted by Crippen LogP contribution is -2.45. The molecule has 0 aliphatic rings. The summed E-state index contributed by atoms with van der Waals surface area (Å²) in [5.41, 5.74) is 1.16. The number of aliphatic imine (C=N–C) groups is 1. The first-order chi connectivity index (χ1) is 11.2. The lowest BCUT2D eigenvalue weighted by Gasteiger charge is -2.20.